The van der Waals surface area contributed by atoms with E-state index in [4.69, 9.17) is 0 Å². The standard InChI is InChI=1S/C15H24N2/c1-3-4-10-17(14-8-6-5-7-9-14)15-12-16-11-13(15)2/h5-9,13,15-16H,3-4,10-12H2,1-2H3. The summed E-state index contributed by atoms with van der Waals surface area (Å²) in [6.07, 6.45) is 2.54. The molecule has 2 atom stereocenters. The number of unbranched alkanes of at least 4 members (excludes halogenated alkanes) is 1. The van der Waals surface area contributed by atoms with E-state index in [1.165, 1.54) is 25.1 Å². The van der Waals surface area contributed by atoms with Crippen molar-refractivity contribution < 1.29 is 0 Å². The van der Waals surface area contributed by atoms with Crippen molar-refractivity contribution in [3.8, 4) is 0 Å². The molecule has 0 aliphatic carbocycles. The fourth-order valence-electron chi connectivity index (χ4n) is 2.65. The number of hydrogen-bond acceptors (Lipinski definition) is 2. The van der Waals surface area contributed by atoms with Gasteiger partial charge in [0.1, 0.15) is 0 Å². The van der Waals surface area contributed by atoms with Gasteiger partial charge in [0.25, 0.3) is 0 Å². The molecule has 2 unspecified atom stereocenters. The summed E-state index contributed by atoms with van der Waals surface area (Å²) >= 11 is 0. The van der Waals surface area contributed by atoms with E-state index in [1.54, 1.807) is 0 Å². The van der Waals surface area contributed by atoms with Gasteiger partial charge in [-0.15, -0.1) is 0 Å². The van der Waals surface area contributed by atoms with E-state index in [9.17, 15) is 0 Å². The van der Waals surface area contributed by atoms with Crippen LogP contribution in [0.15, 0.2) is 30.3 Å². The number of anilines is 1. The summed E-state index contributed by atoms with van der Waals surface area (Å²) < 4.78 is 0. The highest BCUT2D eigenvalue weighted by molar-refractivity contribution is 5.47. The normalized spacial score (nSPS) is 23.9. The van der Waals surface area contributed by atoms with Gasteiger partial charge in [-0.3, -0.25) is 0 Å². The number of benzene rings is 1. The lowest BCUT2D eigenvalue weighted by Gasteiger charge is -2.33. The maximum Gasteiger partial charge on any atom is 0.0452 e. The summed E-state index contributed by atoms with van der Waals surface area (Å²) in [4.78, 5) is 2.59. The average Bonchev–Trinajstić information content (AvgIpc) is 2.78. The molecule has 1 fully saturated rings. The first kappa shape index (κ1) is 12.4. The van der Waals surface area contributed by atoms with Crippen LogP contribution in [0.4, 0.5) is 5.69 Å². The highest BCUT2D eigenvalue weighted by atomic mass is 15.2. The Morgan fingerprint density at radius 3 is 2.59 bits per heavy atom. The molecule has 94 valence electrons. The van der Waals surface area contributed by atoms with E-state index in [1.807, 2.05) is 0 Å². The Hall–Kier alpha value is -1.02. The maximum absolute atomic E-state index is 3.51. The van der Waals surface area contributed by atoms with E-state index in [0.29, 0.717) is 6.04 Å². The maximum atomic E-state index is 3.51. The first-order valence-corrected chi connectivity index (χ1v) is 6.85. The molecule has 0 radical (unpaired) electrons. The zero-order valence-electron chi connectivity index (χ0n) is 11.0. The van der Waals surface area contributed by atoms with Gasteiger partial charge in [0.2, 0.25) is 0 Å². The quantitative estimate of drug-likeness (QED) is 0.839. The molecule has 1 N–H and O–H groups in total. The van der Waals surface area contributed by atoms with Crippen LogP contribution in [0, 0.1) is 5.92 Å². The van der Waals surface area contributed by atoms with Gasteiger partial charge in [0.15, 0.2) is 0 Å². The van der Waals surface area contributed by atoms with Crippen molar-refractivity contribution in [2.24, 2.45) is 5.92 Å². The zero-order chi connectivity index (χ0) is 12.1. The second-order valence-electron chi connectivity index (χ2n) is 5.09. The third kappa shape index (κ3) is 3.01. The SMILES string of the molecule is CCCCN(c1ccccc1)C1CNCC1C. The van der Waals surface area contributed by atoms with E-state index in [0.717, 1.165) is 19.0 Å². The van der Waals surface area contributed by atoms with Crippen LogP contribution in [0.2, 0.25) is 0 Å². The van der Waals surface area contributed by atoms with Crippen molar-refractivity contribution in [3.63, 3.8) is 0 Å². The van der Waals surface area contributed by atoms with Gasteiger partial charge in [0, 0.05) is 24.8 Å². The van der Waals surface area contributed by atoms with Gasteiger partial charge in [-0.05, 0) is 31.0 Å². The number of para-hydroxylation sites is 1. The fraction of sp³-hybridized carbons (Fsp3) is 0.600. The third-order valence-corrected chi connectivity index (χ3v) is 3.72. The summed E-state index contributed by atoms with van der Waals surface area (Å²) in [5.74, 6) is 0.743. The Morgan fingerprint density at radius 1 is 1.24 bits per heavy atom. The number of nitrogens with zero attached hydrogens (tertiary/aromatic N) is 1. The van der Waals surface area contributed by atoms with E-state index < -0.39 is 0 Å². The van der Waals surface area contributed by atoms with Crippen LogP contribution in [0.25, 0.3) is 0 Å². The Labute approximate surface area is 105 Å². The molecule has 1 aliphatic rings. The molecule has 2 nitrogen and oxygen atoms in total. The lowest BCUT2D eigenvalue weighted by Crippen LogP contribution is -2.40. The first-order chi connectivity index (χ1) is 8.33. The minimum absolute atomic E-state index is 0.656. The summed E-state index contributed by atoms with van der Waals surface area (Å²) in [6, 6.07) is 11.5. The molecule has 17 heavy (non-hydrogen) atoms. The van der Waals surface area contributed by atoms with E-state index >= 15 is 0 Å². The summed E-state index contributed by atoms with van der Waals surface area (Å²) in [6.45, 7) is 8.07. The Bertz CT molecular complexity index is 323. The van der Waals surface area contributed by atoms with Gasteiger partial charge < -0.3 is 10.2 Å². The molecule has 0 saturated carbocycles. The van der Waals surface area contributed by atoms with E-state index in [2.05, 4.69) is 54.4 Å². The Balaban J connectivity index is 2.13. The number of rotatable bonds is 5. The average molecular weight is 232 g/mol. The molecule has 1 aromatic rings. The van der Waals surface area contributed by atoms with Crippen LogP contribution in [0.5, 0.6) is 0 Å². The number of nitrogens with one attached hydrogen (secondary N) is 1. The topological polar surface area (TPSA) is 15.3 Å². The van der Waals surface area contributed by atoms with E-state index in [-0.39, 0.29) is 0 Å². The second kappa shape index (κ2) is 6.06. The largest absolute Gasteiger partial charge is 0.367 e. The third-order valence-electron chi connectivity index (χ3n) is 3.72. The van der Waals surface area contributed by atoms with Gasteiger partial charge in [0.05, 0.1) is 0 Å². The molecule has 1 heterocycles. The van der Waals surface area contributed by atoms with Crippen molar-refractivity contribution in [3.05, 3.63) is 30.3 Å². The summed E-state index contributed by atoms with van der Waals surface area (Å²) in [5, 5.41) is 3.51. The molecule has 0 aromatic heterocycles. The van der Waals surface area contributed by atoms with Crippen molar-refractivity contribution in [1.29, 1.82) is 0 Å². The van der Waals surface area contributed by atoms with Crippen molar-refractivity contribution in [1.82, 2.24) is 5.32 Å². The summed E-state index contributed by atoms with van der Waals surface area (Å²) in [5.41, 5.74) is 1.38. The molecule has 2 rings (SSSR count). The Kier molecular flexibility index (Phi) is 4.43. The Morgan fingerprint density at radius 2 is 2.00 bits per heavy atom. The van der Waals surface area contributed by atoms with Crippen LogP contribution >= 0.6 is 0 Å². The van der Waals surface area contributed by atoms with Crippen LogP contribution in [0.3, 0.4) is 0 Å². The van der Waals surface area contributed by atoms with Crippen LogP contribution in [-0.4, -0.2) is 25.7 Å². The highest BCUT2D eigenvalue weighted by Gasteiger charge is 2.28. The minimum Gasteiger partial charge on any atom is -0.367 e. The lowest BCUT2D eigenvalue weighted by atomic mass is 10.0. The summed E-state index contributed by atoms with van der Waals surface area (Å²) in [7, 11) is 0. The molecule has 1 aromatic carbocycles. The van der Waals surface area contributed by atoms with Crippen LogP contribution in [0.1, 0.15) is 26.7 Å². The van der Waals surface area contributed by atoms with Crippen LogP contribution in [-0.2, 0) is 0 Å². The molecule has 0 bridgehead atoms. The fourth-order valence-corrected chi connectivity index (χ4v) is 2.65. The molecule has 2 heteroatoms. The predicted octanol–water partition coefficient (Wildman–Crippen LogP) is 2.90. The molecule has 1 aliphatic heterocycles. The van der Waals surface area contributed by atoms with Gasteiger partial charge in [-0.2, -0.15) is 0 Å². The molecular weight excluding hydrogens is 208 g/mol. The highest BCUT2D eigenvalue weighted by Crippen LogP contribution is 2.23. The monoisotopic (exact) mass is 232 g/mol. The molecule has 1 saturated heterocycles. The number of hydrogen-bond donors (Lipinski definition) is 1. The first-order valence-electron chi connectivity index (χ1n) is 6.85. The smallest absolute Gasteiger partial charge is 0.0452 e. The van der Waals surface area contributed by atoms with Crippen LogP contribution < -0.4 is 10.2 Å². The zero-order valence-corrected chi connectivity index (χ0v) is 11.0. The molecule has 0 amide bonds. The van der Waals surface area contributed by atoms with Crippen molar-refractivity contribution >= 4 is 5.69 Å². The molecule has 0 spiro atoms. The van der Waals surface area contributed by atoms with Gasteiger partial charge >= 0.3 is 0 Å². The van der Waals surface area contributed by atoms with Gasteiger partial charge in [-0.25, -0.2) is 0 Å². The second-order valence-corrected chi connectivity index (χ2v) is 5.09. The predicted molar refractivity (Wildman–Crippen MR) is 74.5 cm³/mol. The van der Waals surface area contributed by atoms with Gasteiger partial charge in [-0.1, -0.05) is 38.5 Å². The van der Waals surface area contributed by atoms with Crippen molar-refractivity contribution in [2.45, 2.75) is 32.7 Å². The van der Waals surface area contributed by atoms with Crippen molar-refractivity contribution in [2.75, 3.05) is 24.5 Å². The lowest BCUT2D eigenvalue weighted by molar-refractivity contribution is 0.507. The molecular formula is C15H24N2. The minimum atomic E-state index is 0.656.